The molecule has 1 heterocycles. The molecule has 0 atom stereocenters. The summed E-state index contributed by atoms with van der Waals surface area (Å²) in [7, 11) is -1.97. The molecule has 3 rings (SSSR count). The Labute approximate surface area is 171 Å². The minimum absolute atomic E-state index is 0.198. The summed E-state index contributed by atoms with van der Waals surface area (Å²) < 4.78 is 37.8. The Hall–Kier alpha value is -2.58. The maximum atomic E-state index is 12.8. The van der Waals surface area contributed by atoms with Gasteiger partial charge in [0.1, 0.15) is 11.5 Å². The van der Waals surface area contributed by atoms with Crippen molar-refractivity contribution < 1.29 is 22.7 Å². The SMILES string of the molecule is COc1ccccc1NC(=O)COc1ccc(S(=O)(=O)N2CCCCCC2)cc1. The summed E-state index contributed by atoms with van der Waals surface area (Å²) in [5, 5.41) is 2.72. The van der Waals surface area contributed by atoms with E-state index in [0.29, 0.717) is 30.3 Å². The van der Waals surface area contributed by atoms with Crippen LogP contribution in [0, 0.1) is 0 Å². The molecule has 1 N–H and O–H groups in total. The molecule has 0 bridgehead atoms. The Morgan fingerprint density at radius 3 is 2.31 bits per heavy atom. The third kappa shape index (κ3) is 5.48. The zero-order valence-electron chi connectivity index (χ0n) is 16.5. The van der Waals surface area contributed by atoms with Crippen LogP contribution in [-0.4, -0.2) is 45.4 Å². The third-order valence-electron chi connectivity index (χ3n) is 4.78. The van der Waals surface area contributed by atoms with Crippen molar-refractivity contribution in [3.8, 4) is 11.5 Å². The van der Waals surface area contributed by atoms with E-state index in [1.165, 1.54) is 19.2 Å². The van der Waals surface area contributed by atoms with Crippen LogP contribution in [0.15, 0.2) is 53.4 Å². The number of carbonyl (C=O) groups excluding carboxylic acids is 1. The van der Waals surface area contributed by atoms with Crippen LogP contribution in [0.1, 0.15) is 25.7 Å². The second-order valence-electron chi connectivity index (χ2n) is 6.83. The molecule has 1 aliphatic heterocycles. The summed E-state index contributed by atoms with van der Waals surface area (Å²) in [6.45, 7) is 0.920. The molecule has 2 aromatic carbocycles. The van der Waals surface area contributed by atoms with Crippen LogP contribution in [0.4, 0.5) is 5.69 Å². The van der Waals surface area contributed by atoms with E-state index in [-0.39, 0.29) is 17.4 Å². The molecule has 2 aromatic rings. The van der Waals surface area contributed by atoms with Crippen LogP contribution >= 0.6 is 0 Å². The number of ether oxygens (including phenoxy) is 2. The summed E-state index contributed by atoms with van der Waals surface area (Å²) in [5.74, 6) is 0.648. The van der Waals surface area contributed by atoms with Crippen molar-refractivity contribution in [1.82, 2.24) is 4.31 Å². The van der Waals surface area contributed by atoms with Crippen molar-refractivity contribution in [1.29, 1.82) is 0 Å². The van der Waals surface area contributed by atoms with Crippen LogP contribution in [0.3, 0.4) is 0 Å². The fraction of sp³-hybridized carbons (Fsp3) is 0.381. The molecule has 1 aliphatic rings. The van der Waals surface area contributed by atoms with Gasteiger partial charge in [-0.25, -0.2) is 8.42 Å². The highest BCUT2D eigenvalue weighted by molar-refractivity contribution is 7.89. The molecule has 0 aromatic heterocycles. The van der Waals surface area contributed by atoms with Crippen molar-refractivity contribution in [3.63, 3.8) is 0 Å². The Balaban J connectivity index is 1.58. The quantitative estimate of drug-likeness (QED) is 0.746. The van der Waals surface area contributed by atoms with Crippen LogP contribution < -0.4 is 14.8 Å². The van der Waals surface area contributed by atoms with Crippen molar-refractivity contribution in [2.45, 2.75) is 30.6 Å². The van der Waals surface area contributed by atoms with Gasteiger partial charge in [0, 0.05) is 13.1 Å². The summed E-state index contributed by atoms with van der Waals surface area (Å²) in [6.07, 6.45) is 3.91. The number of nitrogens with one attached hydrogen (secondary N) is 1. The number of hydrogen-bond donors (Lipinski definition) is 1. The molecule has 0 aliphatic carbocycles. The first-order chi connectivity index (χ1) is 14.0. The fourth-order valence-corrected chi connectivity index (χ4v) is 4.74. The third-order valence-corrected chi connectivity index (χ3v) is 6.69. The normalized spacial score (nSPS) is 15.3. The number of amides is 1. The van der Waals surface area contributed by atoms with Crippen LogP contribution in [0.25, 0.3) is 0 Å². The Morgan fingerprint density at radius 2 is 1.66 bits per heavy atom. The molecule has 156 valence electrons. The van der Waals surface area contributed by atoms with Crippen molar-refractivity contribution in [2.75, 3.05) is 32.1 Å². The molecule has 8 heteroatoms. The van der Waals surface area contributed by atoms with E-state index >= 15 is 0 Å². The van der Waals surface area contributed by atoms with Gasteiger partial charge in [0.15, 0.2) is 6.61 Å². The summed E-state index contributed by atoms with van der Waals surface area (Å²) >= 11 is 0. The lowest BCUT2D eigenvalue weighted by Crippen LogP contribution is -2.31. The first kappa shape index (κ1) is 21.1. The van der Waals surface area contributed by atoms with Gasteiger partial charge >= 0.3 is 0 Å². The van der Waals surface area contributed by atoms with E-state index in [1.54, 1.807) is 34.6 Å². The predicted octanol–water partition coefficient (Wildman–Crippen LogP) is 3.28. The molecule has 1 saturated heterocycles. The highest BCUT2D eigenvalue weighted by Gasteiger charge is 2.25. The molecule has 1 amide bonds. The highest BCUT2D eigenvalue weighted by atomic mass is 32.2. The molecule has 29 heavy (non-hydrogen) atoms. The van der Waals surface area contributed by atoms with Crippen LogP contribution in [-0.2, 0) is 14.8 Å². The fourth-order valence-electron chi connectivity index (χ4n) is 3.22. The largest absolute Gasteiger partial charge is 0.495 e. The second-order valence-corrected chi connectivity index (χ2v) is 8.76. The maximum absolute atomic E-state index is 12.8. The molecule has 7 nitrogen and oxygen atoms in total. The first-order valence-electron chi connectivity index (χ1n) is 9.66. The molecule has 0 saturated carbocycles. The summed E-state index contributed by atoms with van der Waals surface area (Å²) in [6, 6.07) is 13.3. The van der Waals surface area contributed by atoms with Gasteiger partial charge in [-0.05, 0) is 49.2 Å². The number of carbonyl (C=O) groups is 1. The topological polar surface area (TPSA) is 84.9 Å². The van der Waals surface area contributed by atoms with Gasteiger partial charge in [0.2, 0.25) is 10.0 Å². The second kappa shape index (κ2) is 9.76. The average molecular weight is 419 g/mol. The zero-order chi connectivity index (χ0) is 20.7. The lowest BCUT2D eigenvalue weighted by molar-refractivity contribution is -0.118. The van der Waals surface area contributed by atoms with Gasteiger partial charge in [-0.2, -0.15) is 4.31 Å². The van der Waals surface area contributed by atoms with Crippen LogP contribution in [0.2, 0.25) is 0 Å². The van der Waals surface area contributed by atoms with E-state index in [4.69, 9.17) is 9.47 Å². The van der Waals surface area contributed by atoms with E-state index in [2.05, 4.69) is 5.32 Å². The maximum Gasteiger partial charge on any atom is 0.262 e. The van der Waals surface area contributed by atoms with Crippen molar-refractivity contribution in [2.24, 2.45) is 0 Å². The number of anilines is 1. The minimum atomic E-state index is -3.50. The standard InChI is InChI=1S/C21H26N2O5S/c1-27-20-9-5-4-8-19(20)22-21(24)16-28-17-10-12-18(13-11-17)29(25,26)23-14-6-2-3-7-15-23/h4-5,8-13H,2-3,6-7,14-16H2,1H3,(H,22,24). The Bertz CT molecular complexity index is 920. The van der Waals surface area contributed by atoms with Gasteiger partial charge in [-0.1, -0.05) is 25.0 Å². The number of benzene rings is 2. The first-order valence-corrected chi connectivity index (χ1v) is 11.1. The molecule has 0 radical (unpaired) electrons. The number of para-hydroxylation sites is 2. The van der Waals surface area contributed by atoms with Gasteiger partial charge in [-0.15, -0.1) is 0 Å². The van der Waals surface area contributed by atoms with Gasteiger partial charge < -0.3 is 14.8 Å². The molecule has 1 fully saturated rings. The minimum Gasteiger partial charge on any atom is -0.495 e. The Kier molecular flexibility index (Phi) is 7.11. The zero-order valence-corrected chi connectivity index (χ0v) is 17.3. The number of nitrogens with zero attached hydrogens (tertiary/aromatic N) is 1. The lowest BCUT2D eigenvalue weighted by Gasteiger charge is -2.20. The van der Waals surface area contributed by atoms with Crippen molar-refractivity contribution in [3.05, 3.63) is 48.5 Å². The van der Waals surface area contributed by atoms with Crippen molar-refractivity contribution >= 4 is 21.6 Å². The molecular weight excluding hydrogens is 392 g/mol. The number of rotatable bonds is 7. The van der Waals surface area contributed by atoms with Gasteiger partial charge in [0.05, 0.1) is 17.7 Å². The molecule has 0 unspecified atom stereocenters. The van der Waals surface area contributed by atoms with Gasteiger partial charge in [0.25, 0.3) is 5.91 Å². The van der Waals surface area contributed by atoms with E-state index < -0.39 is 10.0 Å². The average Bonchev–Trinajstić information content (AvgIpc) is 3.03. The number of sulfonamides is 1. The van der Waals surface area contributed by atoms with E-state index in [0.717, 1.165) is 25.7 Å². The van der Waals surface area contributed by atoms with Gasteiger partial charge in [-0.3, -0.25) is 4.79 Å². The highest BCUT2D eigenvalue weighted by Crippen LogP contribution is 2.24. The number of methoxy groups -OCH3 is 1. The summed E-state index contributed by atoms with van der Waals surface area (Å²) in [5.41, 5.74) is 0.558. The number of hydrogen-bond acceptors (Lipinski definition) is 5. The van der Waals surface area contributed by atoms with E-state index in [9.17, 15) is 13.2 Å². The van der Waals surface area contributed by atoms with Crippen LogP contribution in [0.5, 0.6) is 11.5 Å². The summed E-state index contributed by atoms with van der Waals surface area (Å²) in [4.78, 5) is 12.4. The molecular formula is C21H26N2O5S. The smallest absolute Gasteiger partial charge is 0.262 e. The Morgan fingerprint density at radius 1 is 1.00 bits per heavy atom. The van der Waals surface area contributed by atoms with E-state index in [1.807, 2.05) is 6.07 Å². The predicted molar refractivity (Wildman–Crippen MR) is 111 cm³/mol. The monoisotopic (exact) mass is 418 g/mol. The lowest BCUT2D eigenvalue weighted by atomic mass is 10.2. The molecule has 0 spiro atoms.